The van der Waals surface area contributed by atoms with Crippen molar-refractivity contribution in [3.63, 3.8) is 0 Å². The average molecular weight is 218 g/mol. The van der Waals surface area contributed by atoms with Gasteiger partial charge in [0.25, 0.3) is 0 Å². The van der Waals surface area contributed by atoms with Crippen molar-refractivity contribution < 1.29 is 4.39 Å². The summed E-state index contributed by atoms with van der Waals surface area (Å²) in [5.41, 5.74) is 2.17. The molecule has 3 heteroatoms. The molecule has 1 aromatic heterocycles. The maximum Gasteiger partial charge on any atom is 0.142 e. The van der Waals surface area contributed by atoms with Crippen molar-refractivity contribution in [2.24, 2.45) is 5.92 Å². The van der Waals surface area contributed by atoms with Crippen LogP contribution in [0.4, 0.5) is 4.39 Å². The van der Waals surface area contributed by atoms with Gasteiger partial charge in [0, 0.05) is 17.8 Å². The van der Waals surface area contributed by atoms with Crippen molar-refractivity contribution in [3.8, 4) is 0 Å². The predicted molar refractivity (Wildman–Crippen MR) is 61.3 cm³/mol. The first-order valence-corrected chi connectivity index (χ1v) is 5.89. The van der Waals surface area contributed by atoms with Crippen LogP contribution in [0.3, 0.4) is 0 Å². The molecule has 2 heterocycles. The zero-order chi connectivity index (χ0) is 11.0. The molecule has 0 aromatic carbocycles. The van der Waals surface area contributed by atoms with E-state index in [0.717, 1.165) is 18.5 Å². The summed E-state index contributed by atoms with van der Waals surface area (Å²) < 4.78 is 13.1. The van der Waals surface area contributed by atoms with E-state index in [4.69, 9.17) is 0 Å². The molecule has 0 bridgehead atoms. The van der Waals surface area contributed by atoms with Crippen molar-refractivity contribution in [2.75, 3.05) is 6.54 Å². The van der Waals surface area contributed by atoms with Crippen LogP contribution in [-0.4, -0.2) is 17.6 Å². The van der Waals surface area contributed by atoms with Crippen LogP contribution in [0.15, 0.2) is 24.5 Å². The lowest BCUT2D eigenvalue weighted by Gasteiger charge is -2.29. The molecule has 84 valence electrons. The van der Waals surface area contributed by atoms with Crippen molar-refractivity contribution in [1.29, 1.82) is 0 Å². The SMILES string of the molecule is Fc1cncc(C2=CC[C@H]3CCCN[C@@H]23)c1. The maximum atomic E-state index is 13.1. The summed E-state index contributed by atoms with van der Waals surface area (Å²) in [7, 11) is 0. The lowest BCUT2D eigenvalue weighted by molar-refractivity contribution is 0.346. The normalized spacial score (nSPS) is 28.7. The zero-order valence-corrected chi connectivity index (χ0v) is 9.12. The van der Waals surface area contributed by atoms with E-state index in [0.29, 0.717) is 12.0 Å². The molecule has 0 spiro atoms. The van der Waals surface area contributed by atoms with Gasteiger partial charge in [-0.05, 0) is 43.4 Å². The molecule has 2 atom stereocenters. The molecule has 1 aliphatic heterocycles. The van der Waals surface area contributed by atoms with Gasteiger partial charge in [-0.1, -0.05) is 6.08 Å². The Labute approximate surface area is 94.6 Å². The van der Waals surface area contributed by atoms with Crippen molar-refractivity contribution in [3.05, 3.63) is 35.9 Å². The monoisotopic (exact) mass is 218 g/mol. The van der Waals surface area contributed by atoms with Gasteiger partial charge in [0.05, 0.1) is 6.20 Å². The number of aromatic nitrogens is 1. The second-order valence-corrected chi connectivity index (χ2v) is 4.62. The Hall–Kier alpha value is -1.22. The molecule has 3 rings (SSSR count). The van der Waals surface area contributed by atoms with Crippen molar-refractivity contribution in [1.82, 2.24) is 10.3 Å². The topological polar surface area (TPSA) is 24.9 Å². The van der Waals surface area contributed by atoms with Crippen LogP contribution in [0.2, 0.25) is 0 Å². The Morgan fingerprint density at radius 2 is 2.31 bits per heavy atom. The van der Waals surface area contributed by atoms with Crippen LogP contribution in [-0.2, 0) is 0 Å². The third kappa shape index (κ3) is 1.65. The lowest BCUT2D eigenvalue weighted by Crippen LogP contribution is -2.39. The van der Waals surface area contributed by atoms with Gasteiger partial charge in [0.2, 0.25) is 0 Å². The number of nitrogens with one attached hydrogen (secondary N) is 1. The Morgan fingerprint density at radius 3 is 3.19 bits per heavy atom. The standard InChI is InChI=1S/C13H15FN2/c14-11-6-10(7-15-8-11)12-4-3-9-2-1-5-16-13(9)12/h4,6-9,13,16H,1-3,5H2/t9-,13-/m1/s1. The number of hydrogen-bond donors (Lipinski definition) is 1. The van der Waals surface area contributed by atoms with Gasteiger partial charge in [0.15, 0.2) is 0 Å². The van der Waals surface area contributed by atoms with Gasteiger partial charge in [-0.15, -0.1) is 0 Å². The molecule has 0 saturated carbocycles. The molecule has 0 amide bonds. The van der Waals surface area contributed by atoms with Crippen LogP contribution in [0.5, 0.6) is 0 Å². The molecule has 1 aliphatic carbocycles. The highest BCUT2D eigenvalue weighted by molar-refractivity contribution is 5.71. The van der Waals surface area contributed by atoms with E-state index in [1.807, 2.05) is 0 Å². The van der Waals surface area contributed by atoms with E-state index < -0.39 is 0 Å². The minimum atomic E-state index is -0.252. The largest absolute Gasteiger partial charge is 0.310 e. The summed E-state index contributed by atoms with van der Waals surface area (Å²) >= 11 is 0. The molecular formula is C13H15FN2. The first-order chi connectivity index (χ1) is 7.84. The third-order valence-corrected chi connectivity index (χ3v) is 3.60. The third-order valence-electron chi connectivity index (χ3n) is 3.60. The quantitative estimate of drug-likeness (QED) is 0.782. The van der Waals surface area contributed by atoms with E-state index in [1.165, 1.54) is 24.6 Å². The van der Waals surface area contributed by atoms with Gasteiger partial charge in [-0.3, -0.25) is 4.98 Å². The highest BCUT2D eigenvalue weighted by Crippen LogP contribution is 2.36. The summed E-state index contributed by atoms with van der Waals surface area (Å²) in [6.07, 6.45) is 8.90. The van der Waals surface area contributed by atoms with Crippen LogP contribution < -0.4 is 5.32 Å². The number of rotatable bonds is 1. The van der Waals surface area contributed by atoms with Gasteiger partial charge < -0.3 is 5.32 Å². The predicted octanol–water partition coefficient (Wildman–Crippen LogP) is 2.38. The highest BCUT2D eigenvalue weighted by atomic mass is 19.1. The first kappa shape index (κ1) is 9.97. The van der Waals surface area contributed by atoms with Crippen LogP contribution >= 0.6 is 0 Å². The number of hydrogen-bond acceptors (Lipinski definition) is 2. The summed E-state index contributed by atoms with van der Waals surface area (Å²) in [6.45, 7) is 1.07. The Kier molecular flexibility index (Phi) is 2.48. The number of pyridine rings is 1. The van der Waals surface area contributed by atoms with E-state index in [-0.39, 0.29) is 5.82 Å². The van der Waals surface area contributed by atoms with Gasteiger partial charge in [-0.2, -0.15) is 0 Å². The minimum Gasteiger partial charge on any atom is -0.310 e. The van der Waals surface area contributed by atoms with Gasteiger partial charge in [0.1, 0.15) is 5.82 Å². The second-order valence-electron chi connectivity index (χ2n) is 4.62. The molecule has 1 saturated heterocycles. The van der Waals surface area contributed by atoms with Crippen molar-refractivity contribution in [2.45, 2.75) is 25.3 Å². The van der Waals surface area contributed by atoms with E-state index in [2.05, 4.69) is 16.4 Å². The van der Waals surface area contributed by atoms with Gasteiger partial charge >= 0.3 is 0 Å². The number of halogens is 1. The number of nitrogens with zero attached hydrogens (tertiary/aromatic N) is 1. The van der Waals surface area contributed by atoms with Crippen LogP contribution in [0.1, 0.15) is 24.8 Å². The van der Waals surface area contributed by atoms with Crippen LogP contribution in [0, 0.1) is 11.7 Å². The molecule has 0 unspecified atom stereocenters. The van der Waals surface area contributed by atoms with E-state index >= 15 is 0 Å². The number of fused-ring (bicyclic) bond motifs is 1. The highest BCUT2D eigenvalue weighted by Gasteiger charge is 2.32. The Bertz CT molecular complexity index is 428. The second kappa shape index (κ2) is 3.98. The molecule has 1 N–H and O–H groups in total. The molecule has 1 fully saturated rings. The molecular weight excluding hydrogens is 203 g/mol. The first-order valence-electron chi connectivity index (χ1n) is 5.89. The van der Waals surface area contributed by atoms with Crippen molar-refractivity contribution >= 4 is 5.57 Å². The fourth-order valence-corrected chi connectivity index (χ4v) is 2.85. The fraction of sp³-hybridized carbons (Fsp3) is 0.462. The molecule has 0 radical (unpaired) electrons. The lowest BCUT2D eigenvalue weighted by atomic mass is 9.89. The zero-order valence-electron chi connectivity index (χ0n) is 9.12. The Morgan fingerprint density at radius 1 is 1.38 bits per heavy atom. The summed E-state index contributed by atoms with van der Waals surface area (Å²) in [5.74, 6) is 0.449. The fourth-order valence-electron chi connectivity index (χ4n) is 2.85. The van der Waals surface area contributed by atoms with E-state index in [9.17, 15) is 4.39 Å². The summed E-state index contributed by atoms with van der Waals surface area (Å²) in [4.78, 5) is 3.92. The minimum absolute atomic E-state index is 0.252. The smallest absolute Gasteiger partial charge is 0.142 e. The average Bonchev–Trinajstić information content (AvgIpc) is 2.72. The summed E-state index contributed by atoms with van der Waals surface area (Å²) in [6, 6.07) is 2.00. The van der Waals surface area contributed by atoms with Crippen LogP contribution in [0.25, 0.3) is 5.57 Å². The molecule has 1 aromatic rings. The summed E-state index contributed by atoms with van der Waals surface area (Å²) in [5, 5.41) is 3.53. The maximum absolute atomic E-state index is 13.1. The van der Waals surface area contributed by atoms with E-state index in [1.54, 1.807) is 12.3 Å². The number of allylic oxidation sites excluding steroid dienone is 1. The Balaban J connectivity index is 1.90. The molecule has 2 aliphatic rings. The molecule has 2 nitrogen and oxygen atoms in total. The van der Waals surface area contributed by atoms with Gasteiger partial charge in [-0.25, -0.2) is 4.39 Å². The number of piperidine rings is 1. The molecule has 16 heavy (non-hydrogen) atoms.